The zero-order valence-corrected chi connectivity index (χ0v) is 7.88. The Balaban J connectivity index is 2.46. The Labute approximate surface area is 87.0 Å². The van der Waals surface area contributed by atoms with Gasteiger partial charge in [0.2, 0.25) is 0 Å². The third-order valence-electron chi connectivity index (χ3n) is 2.06. The smallest absolute Gasteiger partial charge is 0.0715 e. The number of carbonyl (C=O) groups is 1. The van der Waals surface area contributed by atoms with Gasteiger partial charge in [0.1, 0.15) is 0 Å². The van der Waals surface area contributed by atoms with Gasteiger partial charge in [0.05, 0.1) is 11.7 Å². The van der Waals surface area contributed by atoms with Crippen molar-refractivity contribution in [3.05, 3.63) is 54.2 Å². The van der Waals surface area contributed by atoms with Gasteiger partial charge < -0.3 is 9.90 Å². The van der Waals surface area contributed by atoms with Gasteiger partial charge in [-0.2, -0.15) is 0 Å². The summed E-state index contributed by atoms with van der Waals surface area (Å²) in [6.45, 7) is 0. The molecule has 0 aliphatic heterocycles. The number of carboxylic acids is 1. The van der Waals surface area contributed by atoms with Crippen LogP contribution in [0.1, 0.15) is 10.4 Å². The number of hydrogen-bond donors (Lipinski definition) is 0. The van der Waals surface area contributed by atoms with Crippen LogP contribution in [0.3, 0.4) is 0 Å². The molecule has 2 rings (SSSR count). The van der Waals surface area contributed by atoms with E-state index in [4.69, 9.17) is 0 Å². The second-order valence-corrected chi connectivity index (χ2v) is 3.08. The first kappa shape index (κ1) is 9.40. The summed E-state index contributed by atoms with van der Waals surface area (Å²) in [5, 5.41) is 10.7. The first-order chi connectivity index (χ1) is 7.27. The summed E-state index contributed by atoms with van der Waals surface area (Å²) in [5.74, 6) is -1.17. The molecule has 1 aromatic carbocycles. The van der Waals surface area contributed by atoms with Gasteiger partial charge >= 0.3 is 0 Å². The Bertz CT molecular complexity index is 480. The Morgan fingerprint density at radius 3 is 2.67 bits per heavy atom. The number of aromatic nitrogens is 1. The third-order valence-corrected chi connectivity index (χ3v) is 2.06. The van der Waals surface area contributed by atoms with Gasteiger partial charge in [0.25, 0.3) is 0 Å². The van der Waals surface area contributed by atoms with E-state index in [0.717, 1.165) is 11.3 Å². The first-order valence-electron chi connectivity index (χ1n) is 4.50. The fraction of sp³-hybridized carbons (Fsp3) is 0. The lowest BCUT2D eigenvalue weighted by atomic mass is 10.1. The zero-order valence-electron chi connectivity index (χ0n) is 7.88. The zero-order chi connectivity index (χ0) is 10.7. The molecule has 74 valence electrons. The molecule has 2 aromatic rings. The maximum Gasteiger partial charge on any atom is 0.0715 e. The van der Waals surface area contributed by atoms with E-state index in [0.29, 0.717) is 0 Å². The van der Waals surface area contributed by atoms with Crippen LogP contribution < -0.4 is 5.11 Å². The molecular formula is C12H8NO2-. The molecule has 0 aliphatic carbocycles. The molecule has 0 atom stereocenters. The molecule has 3 heteroatoms. The van der Waals surface area contributed by atoms with E-state index in [2.05, 4.69) is 4.98 Å². The quantitative estimate of drug-likeness (QED) is 0.726. The molecule has 0 saturated carbocycles. The van der Waals surface area contributed by atoms with Crippen LogP contribution in [-0.2, 0) is 0 Å². The summed E-state index contributed by atoms with van der Waals surface area (Å²) in [6, 6.07) is 12.0. The highest BCUT2D eigenvalue weighted by molar-refractivity contribution is 5.87. The number of carbonyl (C=O) groups excluding carboxylic acids is 1. The molecule has 0 fully saturated rings. The van der Waals surface area contributed by atoms with Crippen LogP contribution in [0.25, 0.3) is 11.3 Å². The summed E-state index contributed by atoms with van der Waals surface area (Å²) < 4.78 is 0. The fourth-order valence-electron chi connectivity index (χ4n) is 1.34. The van der Waals surface area contributed by atoms with Crippen molar-refractivity contribution in [3.63, 3.8) is 0 Å². The van der Waals surface area contributed by atoms with Crippen LogP contribution in [-0.4, -0.2) is 11.0 Å². The maximum atomic E-state index is 10.7. The summed E-state index contributed by atoms with van der Waals surface area (Å²) >= 11 is 0. The van der Waals surface area contributed by atoms with Crippen molar-refractivity contribution in [2.24, 2.45) is 0 Å². The lowest BCUT2D eigenvalue weighted by Crippen LogP contribution is -2.22. The van der Waals surface area contributed by atoms with Crippen molar-refractivity contribution >= 4 is 5.97 Å². The molecule has 0 amide bonds. The Kier molecular flexibility index (Phi) is 2.46. The van der Waals surface area contributed by atoms with E-state index < -0.39 is 5.97 Å². The van der Waals surface area contributed by atoms with Crippen LogP contribution in [0.5, 0.6) is 0 Å². The third kappa shape index (κ3) is 2.02. The van der Waals surface area contributed by atoms with E-state index in [1.165, 1.54) is 6.07 Å². The van der Waals surface area contributed by atoms with Crippen LogP contribution in [0.15, 0.2) is 48.7 Å². The highest BCUT2D eigenvalue weighted by Gasteiger charge is 1.99. The topological polar surface area (TPSA) is 53.0 Å². The first-order valence-corrected chi connectivity index (χ1v) is 4.50. The van der Waals surface area contributed by atoms with Crippen LogP contribution in [0.4, 0.5) is 0 Å². The van der Waals surface area contributed by atoms with Gasteiger partial charge in [0, 0.05) is 11.8 Å². The number of rotatable bonds is 2. The summed E-state index contributed by atoms with van der Waals surface area (Å²) in [4.78, 5) is 14.8. The van der Waals surface area contributed by atoms with E-state index in [1.54, 1.807) is 18.3 Å². The molecule has 0 radical (unpaired) electrons. The lowest BCUT2D eigenvalue weighted by Gasteiger charge is -2.05. The van der Waals surface area contributed by atoms with Crippen molar-refractivity contribution < 1.29 is 9.90 Å². The van der Waals surface area contributed by atoms with E-state index in [1.807, 2.05) is 24.3 Å². The Morgan fingerprint density at radius 2 is 2.00 bits per heavy atom. The summed E-state index contributed by atoms with van der Waals surface area (Å²) in [5.41, 5.74) is 1.69. The van der Waals surface area contributed by atoms with E-state index in [9.17, 15) is 9.90 Å². The normalized spacial score (nSPS) is 9.87. The van der Waals surface area contributed by atoms with Gasteiger partial charge in [-0.15, -0.1) is 0 Å². The molecule has 0 saturated heterocycles. The number of hydrogen-bond acceptors (Lipinski definition) is 3. The van der Waals surface area contributed by atoms with Crippen LogP contribution in [0, 0.1) is 0 Å². The summed E-state index contributed by atoms with van der Waals surface area (Å²) in [6.07, 6.45) is 1.67. The van der Waals surface area contributed by atoms with Crippen molar-refractivity contribution in [3.8, 4) is 11.3 Å². The lowest BCUT2D eigenvalue weighted by molar-refractivity contribution is -0.255. The van der Waals surface area contributed by atoms with Crippen molar-refractivity contribution in [1.29, 1.82) is 0 Å². The SMILES string of the molecule is O=C([O-])c1cccc(-c2ccccn2)c1. The molecule has 0 aliphatic rings. The summed E-state index contributed by atoms with van der Waals surface area (Å²) in [7, 11) is 0. The van der Waals surface area contributed by atoms with E-state index >= 15 is 0 Å². The molecule has 1 aromatic heterocycles. The number of pyridine rings is 1. The highest BCUT2D eigenvalue weighted by Crippen LogP contribution is 2.17. The monoisotopic (exact) mass is 198 g/mol. The number of carboxylic acid groups (broad SMARTS) is 1. The predicted molar refractivity (Wildman–Crippen MR) is 54.0 cm³/mol. The van der Waals surface area contributed by atoms with Crippen molar-refractivity contribution in [2.75, 3.05) is 0 Å². The van der Waals surface area contributed by atoms with Crippen LogP contribution >= 0.6 is 0 Å². The molecule has 0 unspecified atom stereocenters. The second kappa shape index (κ2) is 3.92. The molecule has 15 heavy (non-hydrogen) atoms. The molecular weight excluding hydrogens is 190 g/mol. The minimum atomic E-state index is -1.17. The standard InChI is InChI=1S/C12H9NO2/c14-12(15)10-5-3-4-9(8-10)11-6-1-2-7-13-11/h1-8H,(H,14,15)/p-1. The Morgan fingerprint density at radius 1 is 1.13 bits per heavy atom. The molecule has 1 heterocycles. The van der Waals surface area contributed by atoms with Crippen molar-refractivity contribution in [1.82, 2.24) is 4.98 Å². The van der Waals surface area contributed by atoms with Crippen LogP contribution in [0.2, 0.25) is 0 Å². The predicted octanol–water partition coefficient (Wildman–Crippen LogP) is 1.11. The van der Waals surface area contributed by atoms with E-state index in [-0.39, 0.29) is 5.56 Å². The average Bonchev–Trinajstić information content (AvgIpc) is 2.30. The van der Waals surface area contributed by atoms with Gasteiger partial charge in [-0.3, -0.25) is 4.98 Å². The Hall–Kier alpha value is -2.16. The molecule has 0 N–H and O–H groups in total. The average molecular weight is 198 g/mol. The molecule has 0 spiro atoms. The van der Waals surface area contributed by atoms with Gasteiger partial charge in [0.15, 0.2) is 0 Å². The largest absolute Gasteiger partial charge is 0.545 e. The number of benzene rings is 1. The molecule has 3 nitrogen and oxygen atoms in total. The molecule has 0 bridgehead atoms. The number of aromatic carboxylic acids is 1. The minimum absolute atomic E-state index is 0.165. The van der Waals surface area contributed by atoms with Gasteiger partial charge in [-0.05, 0) is 23.8 Å². The minimum Gasteiger partial charge on any atom is -0.545 e. The van der Waals surface area contributed by atoms with Gasteiger partial charge in [-0.25, -0.2) is 0 Å². The second-order valence-electron chi connectivity index (χ2n) is 3.08. The van der Waals surface area contributed by atoms with Gasteiger partial charge in [-0.1, -0.05) is 24.3 Å². The maximum absolute atomic E-state index is 10.7. The van der Waals surface area contributed by atoms with Crippen molar-refractivity contribution in [2.45, 2.75) is 0 Å². The fourth-order valence-corrected chi connectivity index (χ4v) is 1.34. The number of nitrogens with zero attached hydrogens (tertiary/aromatic N) is 1. The highest BCUT2D eigenvalue weighted by atomic mass is 16.4.